The largest absolute Gasteiger partial charge is 0.309 e. The summed E-state index contributed by atoms with van der Waals surface area (Å²) in [7, 11) is 0. The highest BCUT2D eigenvalue weighted by Gasteiger charge is 2.37. The van der Waals surface area contributed by atoms with Crippen molar-refractivity contribution >= 4 is 11.8 Å². The van der Waals surface area contributed by atoms with Crippen LogP contribution in [0.25, 0.3) is 0 Å². The Hall–Kier alpha value is 0.270. The van der Waals surface area contributed by atoms with Crippen molar-refractivity contribution in [1.82, 2.24) is 10.2 Å². The van der Waals surface area contributed by atoms with Crippen LogP contribution in [0, 0.1) is 0 Å². The van der Waals surface area contributed by atoms with Crippen LogP contribution < -0.4 is 5.32 Å². The predicted molar refractivity (Wildman–Crippen MR) is 82.4 cm³/mol. The Morgan fingerprint density at radius 3 is 2.83 bits per heavy atom. The van der Waals surface area contributed by atoms with E-state index in [1.807, 2.05) is 0 Å². The van der Waals surface area contributed by atoms with E-state index in [1.165, 1.54) is 38.6 Å². The summed E-state index contributed by atoms with van der Waals surface area (Å²) in [4.78, 5) is 2.81. The summed E-state index contributed by atoms with van der Waals surface area (Å²) in [5, 5.41) is 4.64. The first kappa shape index (κ1) is 14.7. The maximum Gasteiger partial charge on any atom is 0.0278 e. The van der Waals surface area contributed by atoms with Gasteiger partial charge >= 0.3 is 0 Å². The molecular weight excluding hydrogens is 240 g/mol. The lowest BCUT2D eigenvalue weighted by Gasteiger charge is -2.49. The normalized spacial score (nSPS) is 43.0. The second-order valence-electron chi connectivity index (χ2n) is 6.49. The molecule has 18 heavy (non-hydrogen) atoms. The molecule has 3 heteroatoms. The number of nitrogens with zero attached hydrogens (tertiary/aromatic N) is 1. The minimum Gasteiger partial charge on any atom is -0.309 e. The molecule has 0 spiro atoms. The molecule has 0 bridgehead atoms. The van der Waals surface area contributed by atoms with Gasteiger partial charge in [-0.3, -0.25) is 4.90 Å². The smallest absolute Gasteiger partial charge is 0.0278 e. The average molecular weight is 270 g/mol. The van der Waals surface area contributed by atoms with Gasteiger partial charge in [0.1, 0.15) is 0 Å². The lowest BCUT2D eigenvalue weighted by molar-refractivity contribution is 0.0395. The van der Waals surface area contributed by atoms with E-state index in [9.17, 15) is 0 Å². The fourth-order valence-electron chi connectivity index (χ4n) is 3.49. The van der Waals surface area contributed by atoms with Gasteiger partial charge in [-0.2, -0.15) is 11.8 Å². The van der Waals surface area contributed by atoms with Crippen molar-refractivity contribution in [2.75, 3.05) is 19.3 Å². The third kappa shape index (κ3) is 3.23. The van der Waals surface area contributed by atoms with E-state index >= 15 is 0 Å². The van der Waals surface area contributed by atoms with E-state index in [0.717, 1.165) is 17.8 Å². The van der Waals surface area contributed by atoms with E-state index in [4.69, 9.17) is 0 Å². The minimum absolute atomic E-state index is 0.332. The first-order valence-electron chi connectivity index (χ1n) is 7.61. The maximum atomic E-state index is 3.74. The fraction of sp³-hybridized carbons (Fsp3) is 1.00. The van der Waals surface area contributed by atoms with Crippen molar-refractivity contribution in [3.05, 3.63) is 0 Å². The van der Waals surface area contributed by atoms with Gasteiger partial charge < -0.3 is 5.32 Å². The molecule has 0 radical (unpaired) electrons. The third-order valence-electron chi connectivity index (χ3n) is 5.10. The zero-order valence-electron chi connectivity index (χ0n) is 12.5. The Morgan fingerprint density at radius 2 is 2.17 bits per heavy atom. The Labute approximate surface area is 117 Å². The topological polar surface area (TPSA) is 15.3 Å². The zero-order valence-corrected chi connectivity index (χ0v) is 13.4. The Balaban J connectivity index is 2.01. The summed E-state index contributed by atoms with van der Waals surface area (Å²) >= 11 is 2.08. The summed E-state index contributed by atoms with van der Waals surface area (Å²) < 4.78 is 0. The number of rotatable bonds is 3. The molecule has 2 rings (SSSR count). The van der Waals surface area contributed by atoms with Crippen LogP contribution in [0.1, 0.15) is 52.9 Å². The van der Waals surface area contributed by atoms with Crippen LogP contribution in [0.3, 0.4) is 0 Å². The van der Waals surface area contributed by atoms with E-state index in [0.29, 0.717) is 11.6 Å². The van der Waals surface area contributed by atoms with Crippen molar-refractivity contribution in [2.24, 2.45) is 0 Å². The van der Waals surface area contributed by atoms with E-state index < -0.39 is 0 Å². The van der Waals surface area contributed by atoms with Gasteiger partial charge in [0.2, 0.25) is 0 Å². The molecule has 2 nitrogen and oxygen atoms in total. The van der Waals surface area contributed by atoms with Crippen molar-refractivity contribution in [2.45, 2.75) is 75.7 Å². The van der Waals surface area contributed by atoms with E-state index in [2.05, 4.69) is 49.0 Å². The maximum absolute atomic E-state index is 3.74. The Kier molecular flexibility index (Phi) is 5.01. The molecular formula is C15H30N2S. The summed E-state index contributed by atoms with van der Waals surface area (Å²) in [6.45, 7) is 9.49. The molecule has 2 fully saturated rings. The molecule has 0 aromatic rings. The molecule has 1 heterocycles. The van der Waals surface area contributed by atoms with Crippen LogP contribution in [0.15, 0.2) is 0 Å². The second kappa shape index (κ2) is 6.15. The minimum atomic E-state index is 0.332. The second-order valence-corrected chi connectivity index (χ2v) is 7.63. The molecule has 1 saturated heterocycles. The number of nitrogens with one attached hydrogen (secondary N) is 1. The highest BCUT2D eigenvalue weighted by Crippen LogP contribution is 2.32. The number of hydrogen-bond acceptors (Lipinski definition) is 3. The molecule has 0 aromatic carbocycles. The highest BCUT2D eigenvalue weighted by molar-refractivity contribution is 7.99. The van der Waals surface area contributed by atoms with Crippen molar-refractivity contribution in [3.63, 3.8) is 0 Å². The first-order chi connectivity index (χ1) is 8.58. The summed E-state index contributed by atoms with van der Waals surface area (Å²) in [6.07, 6.45) is 9.20. The highest BCUT2D eigenvalue weighted by atomic mass is 32.2. The Morgan fingerprint density at radius 1 is 1.39 bits per heavy atom. The van der Waals surface area contributed by atoms with Gasteiger partial charge in [0.05, 0.1) is 0 Å². The summed E-state index contributed by atoms with van der Waals surface area (Å²) in [5.41, 5.74) is 0.332. The van der Waals surface area contributed by atoms with E-state index in [-0.39, 0.29) is 0 Å². The lowest BCUT2D eigenvalue weighted by atomic mass is 9.88. The molecule has 4 unspecified atom stereocenters. The number of thioether (sulfide) groups is 1. The molecule has 1 saturated carbocycles. The summed E-state index contributed by atoms with van der Waals surface area (Å²) in [5.74, 6) is 0. The third-order valence-corrected chi connectivity index (χ3v) is 6.20. The summed E-state index contributed by atoms with van der Waals surface area (Å²) in [6, 6.07) is 1.54. The van der Waals surface area contributed by atoms with Gasteiger partial charge in [-0.25, -0.2) is 0 Å². The van der Waals surface area contributed by atoms with Crippen molar-refractivity contribution in [1.29, 1.82) is 0 Å². The van der Waals surface area contributed by atoms with Crippen molar-refractivity contribution in [3.8, 4) is 0 Å². The molecule has 1 aliphatic carbocycles. The van der Waals surface area contributed by atoms with E-state index in [1.54, 1.807) is 0 Å². The van der Waals surface area contributed by atoms with Gasteiger partial charge in [-0.15, -0.1) is 0 Å². The SMILES string of the molecule is CCC1(C)CN(C2CCCC(SC)C2)C(C)CN1. The molecule has 106 valence electrons. The molecule has 1 N–H and O–H groups in total. The van der Waals surface area contributed by atoms with Gasteiger partial charge in [0, 0.05) is 36.0 Å². The number of hydrogen-bond donors (Lipinski definition) is 1. The molecule has 0 aromatic heterocycles. The monoisotopic (exact) mass is 270 g/mol. The lowest BCUT2D eigenvalue weighted by Crippen LogP contribution is -2.64. The number of piperazine rings is 1. The first-order valence-corrected chi connectivity index (χ1v) is 8.90. The van der Waals surface area contributed by atoms with Crippen LogP contribution in [-0.2, 0) is 0 Å². The molecule has 0 amide bonds. The Bertz CT molecular complexity index is 271. The van der Waals surface area contributed by atoms with Crippen LogP contribution in [0.2, 0.25) is 0 Å². The van der Waals surface area contributed by atoms with Crippen LogP contribution in [0.4, 0.5) is 0 Å². The quantitative estimate of drug-likeness (QED) is 0.848. The molecule has 2 aliphatic rings. The van der Waals surface area contributed by atoms with Crippen LogP contribution in [-0.4, -0.2) is 47.1 Å². The average Bonchev–Trinajstić information content (AvgIpc) is 2.42. The van der Waals surface area contributed by atoms with Gasteiger partial charge in [0.25, 0.3) is 0 Å². The fourth-order valence-corrected chi connectivity index (χ4v) is 4.30. The zero-order chi connectivity index (χ0) is 13.2. The van der Waals surface area contributed by atoms with Gasteiger partial charge in [-0.05, 0) is 45.8 Å². The standard InChI is InChI=1S/C15H30N2S/c1-5-15(3)11-17(12(2)10-16-15)13-7-6-8-14(9-13)18-4/h12-14,16H,5-11H2,1-4H3. The molecule has 4 atom stereocenters. The predicted octanol–water partition coefficient (Wildman–Crippen LogP) is 3.12. The molecule has 1 aliphatic heterocycles. The van der Waals surface area contributed by atoms with Crippen LogP contribution >= 0.6 is 11.8 Å². The van der Waals surface area contributed by atoms with Gasteiger partial charge in [0.15, 0.2) is 0 Å². The van der Waals surface area contributed by atoms with Gasteiger partial charge in [-0.1, -0.05) is 13.3 Å². The van der Waals surface area contributed by atoms with Crippen molar-refractivity contribution < 1.29 is 0 Å². The van der Waals surface area contributed by atoms with Crippen LogP contribution in [0.5, 0.6) is 0 Å².